The van der Waals surface area contributed by atoms with Gasteiger partial charge in [0.15, 0.2) is 5.79 Å². The molecule has 0 bridgehead atoms. The highest BCUT2D eigenvalue weighted by molar-refractivity contribution is 6.18. The van der Waals surface area contributed by atoms with Gasteiger partial charge in [0.2, 0.25) is 0 Å². The summed E-state index contributed by atoms with van der Waals surface area (Å²) in [6.45, 7) is 7.31. The lowest BCUT2D eigenvalue weighted by atomic mass is 10.1. The Morgan fingerprint density at radius 1 is 1.41 bits per heavy atom. The number of esters is 1. The first-order chi connectivity index (χ1) is 7.82. The Morgan fingerprint density at radius 2 is 2.00 bits per heavy atom. The molecule has 1 rings (SSSR count). The first-order valence-corrected chi connectivity index (χ1v) is 6.47. The van der Waals surface area contributed by atoms with Crippen molar-refractivity contribution in [2.24, 2.45) is 0 Å². The Hall–Kier alpha value is -0.320. The molecule has 2 unspecified atom stereocenters. The predicted octanol–water partition coefficient (Wildman–Crippen LogP) is 2.48. The Kier molecular flexibility index (Phi) is 5.22. The number of carbonyl (C=O) groups excluding carboxylic acids is 1. The van der Waals surface area contributed by atoms with Crippen LogP contribution in [-0.4, -0.2) is 35.9 Å². The molecule has 0 radical (unpaired) electrons. The van der Waals surface area contributed by atoms with E-state index in [0.717, 1.165) is 0 Å². The van der Waals surface area contributed by atoms with E-state index in [9.17, 15) is 4.79 Å². The normalized spacial score (nSPS) is 28.1. The molecule has 0 aromatic carbocycles. The molecule has 1 aliphatic heterocycles. The van der Waals surface area contributed by atoms with E-state index in [-0.39, 0.29) is 30.7 Å². The van der Waals surface area contributed by atoms with Gasteiger partial charge in [-0.15, -0.1) is 11.6 Å². The van der Waals surface area contributed by atoms with Crippen molar-refractivity contribution in [2.75, 3.05) is 5.88 Å². The minimum Gasteiger partial charge on any atom is -0.463 e. The molecule has 4 nitrogen and oxygen atoms in total. The molecule has 1 fully saturated rings. The van der Waals surface area contributed by atoms with E-state index in [1.807, 2.05) is 27.7 Å². The van der Waals surface area contributed by atoms with Crippen LogP contribution in [0.25, 0.3) is 0 Å². The van der Waals surface area contributed by atoms with Gasteiger partial charge in [-0.05, 0) is 27.7 Å². The molecule has 100 valence electrons. The molecule has 0 N–H and O–H groups in total. The van der Waals surface area contributed by atoms with Crippen LogP contribution in [-0.2, 0) is 19.0 Å². The van der Waals surface area contributed by atoms with Gasteiger partial charge in [-0.1, -0.05) is 0 Å². The number of carbonyl (C=O) groups is 1. The Balaban J connectivity index is 2.50. The lowest BCUT2D eigenvalue weighted by molar-refractivity contribution is -0.295. The van der Waals surface area contributed by atoms with Crippen molar-refractivity contribution in [3.8, 4) is 0 Å². The van der Waals surface area contributed by atoms with E-state index in [1.54, 1.807) is 0 Å². The fourth-order valence-corrected chi connectivity index (χ4v) is 2.13. The lowest BCUT2D eigenvalue weighted by Crippen LogP contribution is -2.46. The quantitative estimate of drug-likeness (QED) is 0.578. The first kappa shape index (κ1) is 14.7. The highest BCUT2D eigenvalue weighted by Crippen LogP contribution is 2.29. The number of alkyl halides is 1. The molecule has 0 spiro atoms. The van der Waals surface area contributed by atoms with Gasteiger partial charge in [0.05, 0.1) is 24.7 Å². The number of halogens is 1. The average Bonchev–Trinajstić information content (AvgIpc) is 2.13. The van der Waals surface area contributed by atoms with Crippen molar-refractivity contribution in [1.29, 1.82) is 0 Å². The van der Waals surface area contributed by atoms with Gasteiger partial charge >= 0.3 is 5.97 Å². The zero-order chi connectivity index (χ0) is 13.1. The maximum Gasteiger partial charge on any atom is 0.308 e. The third-order valence-corrected chi connectivity index (χ3v) is 2.70. The minimum atomic E-state index is -0.694. The predicted molar refractivity (Wildman–Crippen MR) is 65.0 cm³/mol. The maximum absolute atomic E-state index is 11.6. The molecule has 0 saturated carbocycles. The fraction of sp³-hybridized carbons (Fsp3) is 0.917. The van der Waals surface area contributed by atoms with Gasteiger partial charge in [0, 0.05) is 12.3 Å². The van der Waals surface area contributed by atoms with Crippen molar-refractivity contribution < 1.29 is 19.0 Å². The van der Waals surface area contributed by atoms with Crippen LogP contribution >= 0.6 is 11.6 Å². The van der Waals surface area contributed by atoms with Crippen LogP contribution in [0.2, 0.25) is 0 Å². The van der Waals surface area contributed by atoms with Gasteiger partial charge in [-0.2, -0.15) is 0 Å². The summed E-state index contributed by atoms with van der Waals surface area (Å²) in [5.74, 6) is -0.528. The smallest absolute Gasteiger partial charge is 0.308 e. The van der Waals surface area contributed by atoms with Crippen LogP contribution in [0.5, 0.6) is 0 Å². The molecule has 0 aromatic heterocycles. The van der Waals surface area contributed by atoms with Gasteiger partial charge in [0.25, 0.3) is 0 Å². The van der Waals surface area contributed by atoms with Gasteiger partial charge in [-0.25, -0.2) is 0 Å². The summed E-state index contributed by atoms with van der Waals surface area (Å²) >= 11 is 5.80. The van der Waals surface area contributed by atoms with E-state index >= 15 is 0 Å². The molecule has 2 atom stereocenters. The molecule has 0 aromatic rings. The van der Waals surface area contributed by atoms with Crippen molar-refractivity contribution >= 4 is 17.6 Å². The second kappa shape index (κ2) is 6.03. The van der Waals surface area contributed by atoms with Crippen LogP contribution in [0.15, 0.2) is 0 Å². The summed E-state index contributed by atoms with van der Waals surface area (Å²) in [7, 11) is 0. The van der Waals surface area contributed by atoms with Crippen LogP contribution < -0.4 is 0 Å². The largest absolute Gasteiger partial charge is 0.463 e. The van der Waals surface area contributed by atoms with Crippen LogP contribution in [0.4, 0.5) is 0 Å². The molecular weight excluding hydrogens is 244 g/mol. The first-order valence-electron chi connectivity index (χ1n) is 5.93. The molecule has 1 saturated heterocycles. The second-order valence-electron chi connectivity index (χ2n) is 5.01. The Morgan fingerprint density at radius 3 is 2.53 bits per heavy atom. The lowest BCUT2D eigenvalue weighted by Gasteiger charge is -2.40. The molecular formula is C12H21ClO4. The SMILES string of the molecule is CC(C)OC(=O)CC1CC(CCl)OC(C)(C)O1. The Labute approximate surface area is 108 Å². The number of hydrogen-bond acceptors (Lipinski definition) is 4. The summed E-state index contributed by atoms with van der Waals surface area (Å²) in [4.78, 5) is 11.6. The molecule has 0 aliphatic carbocycles. The Bertz CT molecular complexity index is 265. The van der Waals surface area contributed by atoms with Crippen molar-refractivity contribution in [1.82, 2.24) is 0 Å². The summed E-state index contributed by atoms with van der Waals surface area (Å²) in [6.07, 6.45) is 0.517. The molecule has 1 heterocycles. The average molecular weight is 265 g/mol. The second-order valence-corrected chi connectivity index (χ2v) is 5.32. The highest BCUT2D eigenvalue weighted by Gasteiger charge is 2.36. The molecule has 5 heteroatoms. The number of hydrogen-bond donors (Lipinski definition) is 0. The van der Waals surface area contributed by atoms with E-state index in [1.165, 1.54) is 0 Å². The topological polar surface area (TPSA) is 44.8 Å². The van der Waals surface area contributed by atoms with Crippen LogP contribution in [0.3, 0.4) is 0 Å². The molecule has 0 amide bonds. The standard InChI is InChI=1S/C12H21ClO4/c1-8(2)15-11(14)6-9-5-10(7-13)17-12(3,4)16-9/h8-10H,5-7H2,1-4H3. The monoisotopic (exact) mass is 264 g/mol. The van der Waals surface area contributed by atoms with Gasteiger partial charge in [0.1, 0.15) is 0 Å². The number of rotatable bonds is 4. The maximum atomic E-state index is 11.6. The van der Waals surface area contributed by atoms with E-state index < -0.39 is 5.79 Å². The van der Waals surface area contributed by atoms with E-state index in [4.69, 9.17) is 25.8 Å². The highest BCUT2D eigenvalue weighted by atomic mass is 35.5. The summed E-state index contributed by atoms with van der Waals surface area (Å²) in [6, 6.07) is 0. The van der Waals surface area contributed by atoms with Crippen molar-refractivity contribution in [3.63, 3.8) is 0 Å². The third kappa shape index (κ3) is 5.23. The summed E-state index contributed by atoms with van der Waals surface area (Å²) in [5.41, 5.74) is 0. The fourth-order valence-electron chi connectivity index (χ4n) is 1.94. The zero-order valence-electron chi connectivity index (χ0n) is 10.9. The summed E-state index contributed by atoms with van der Waals surface area (Å²) < 4.78 is 16.4. The van der Waals surface area contributed by atoms with Crippen molar-refractivity contribution in [3.05, 3.63) is 0 Å². The summed E-state index contributed by atoms with van der Waals surface area (Å²) in [5, 5.41) is 0. The third-order valence-electron chi connectivity index (χ3n) is 2.36. The van der Waals surface area contributed by atoms with Crippen LogP contribution in [0.1, 0.15) is 40.5 Å². The van der Waals surface area contributed by atoms with Gasteiger partial charge in [-0.3, -0.25) is 4.79 Å². The van der Waals surface area contributed by atoms with E-state index in [2.05, 4.69) is 0 Å². The minimum absolute atomic E-state index is 0.0720. The molecule has 17 heavy (non-hydrogen) atoms. The van der Waals surface area contributed by atoms with Crippen LogP contribution in [0, 0.1) is 0 Å². The van der Waals surface area contributed by atoms with E-state index in [0.29, 0.717) is 12.3 Å². The van der Waals surface area contributed by atoms with Crippen molar-refractivity contribution in [2.45, 2.75) is 64.6 Å². The van der Waals surface area contributed by atoms with Gasteiger partial charge < -0.3 is 14.2 Å². The zero-order valence-corrected chi connectivity index (χ0v) is 11.6. The molecule has 1 aliphatic rings. The number of ether oxygens (including phenoxy) is 3.